The van der Waals surface area contributed by atoms with Gasteiger partial charge in [-0.15, -0.1) is 0 Å². The summed E-state index contributed by atoms with van der Waals surface area (Å²) in [4.78, 5) is 46.6. The third kappa shape index (κ3) is 2.48. The van der Waals surface area contributed by atoms with Crippen LogP contribution in [0.2, 0.25) is 0 Å². The van der Waals surface area contributed by atoms with Crippen LogP contribution in [0.25, 0.3) is 0 Å². The zero-order valence-electron chi connectivity index (χ0n) is 13.1. The number of benzene rings is 1. The van der Waals surface area contributed by atoms with Crippen molar-refractivity contribution in [2.45, 2.75) is 18.9 Å². The molecule has 1 saturated heterocycles. The summed E-state index contributed by atoms with van der Waals surface area (Å²) in [5.41, 5.74) is -0.0969. The molecule has 0 unspecified atom stereocenters. The maximum atomic E-state index is 12.4. The molecule has 2 saturated carbocycles. The molecule has 0 radical (unpaired) electrons. The fourth-order valence-corrected chi connectivity index (χ4v) is 4.43. The van der Waals surface area contributed by atoms with Crippen LogP contribution in [0.4, 0.5) is 5.69 Å². The van der Waals surface area contributed by atoms with E-state index in [0.29, 0.717) is 6.42 Å². The van der Waals surface area contributed by atoms with E-state index >= 15 is 0 Å². The van der Waals surface area contributed by atoms with Crippen LogP contribution in [-0.4, -0.2) is 35.4 Å². The number of nitrogens with zero attached hydrogens (tertiary/aromatic N) is 1. The second kappa shape index (κ2) is 5.65. The Morgan fingerprint density at radius 3 is 2.88 bits per heavy atom. The van der Waals surface area contributed by atoms with Gasteiger partial charge in [0, 0.05) is 23.6 Å². The molecule has 1 aliphatic heterocycles. The molecule has 2 aliphatic carbocycles. The molecule has 0 aromatic heterocycles. The summed E-state index contributed by atoms with van der Waals surface area (Å²) >= 11 is 0. The van der Waals surface area contributed by atoms with Gasteiger partial charge in [0.1, 0.15) is 6.10 Å². The molecule has 1 heterocycles. The predicted molar refractivity (Wildman–Crippen MR) is 81.5 cm³/mol. The molecule has 2 bridgehead atoms. The number of carbonyl (C=O) groups excluding carboxylic acids is 3. The molecule has 1 aromatic rings. The number of hydrogen-bond donors (Lipinski definition) is 0. The van der Waals surface area contributed by atoms with Crippen molar-refractivity contribution in [3.63, 3.8) is 0 Å². The molecule has 5 atom stereocenters. The Balaban J connectivity index is 1.41. The maximum Gasteiger partial charge on any atom is 0.310 e. The van der Waals surface area contributed by atoms with Gasteiger partial charge in [0.05, 0.1) is 16.8 Å². The first-order valence-corrected chi connectivity index (χ1v) is 8.10. The van der Waals surface area contributed by atoms with Gasteiger partial charge in [-0.05, 0) is 18.8 Å². The van der Waals surface area contributed by atoms with Gasteiger partial charge in [0.15, 0.2) is 6.61 Å². The first kappa shape index (κ1) is 15.7. The molecule has 0 N–H and O–H groups in total. The van der Waals surface area contributed by atoms with E-state index in [1.807, 2.05) is 0 Å². The summed E-state index contributed by atoms with van der Waals surface area (Å²) in [7, 11) is 0. The highest BCUT2D eigenvalue weighted by Gasteiger charge is 2.64. The second-order valence-corrected chi connectivity index (χ2v) is 6.76. The fraction of sp³-hybridized carbons (Fsp3) is 0.471. The van der Waals surface area contributed by atoms with Crippen LogP contribution in [0.5, 0.6) is 0 Å². The number of rotatable bonds is 5. The lowest BCUT2D eigenvalue weighted by atomic mass is 9.80. The molecular formula is C17H15NO7. The van der Waals surface area contributed by atoms with Crippen LogP contribution in [0.3, 0.4) is 0 Å². The normalized spacial score (nSPS) is 31.7. The van der Waals surface area contributed by atoms with Gasteiger partial charge in [-0.3, -0.25) is 24.5 Å². The Bertz CT molecular complexity index is 787. The number of ether oxygens (including phenoxy) is 2. The van der Waals surface area contributed by atoms with Crippen molar-refractivity contribution in [1.29, 1.82) is 0 Å². The number of nitro groups is 1. The van der Waals surface area contributed by atoms with E-state index in [0.717, 1.165) is 12.5 Å². The van der Waals surface area contributed by atoms with Crippen molar-refractivity contribution in [2.75, 3.05) is 6.61 Å². The van der Waals surface area contributed by atoms with Gasteiger partial charge >= 0.3 is 11.9 Å². The minimum Gasteiger partial charge on any atom is -0.462 e. The van der Waals surface area contributed by atoms with Gasteiger partial charge in [-0.1, -0.05) is 12.1 Å². The molecular weight excluding hydrogens is 330 g/mol. The summed E-state index contributed by atoms with van der Waals surface area (Å²) < 4.78 is 10.4. The highest BCUT2D eigenvalue weighted by molar-refractivity contribution is 5.98. The fourth-order valence-electron chi connectivity index (χ4n) is 4.43. The van der Waals surface area contributed by atoms with Crippen molar-refractivity contribution in [2.24, 2.45) is 23.7 Å². The van der Waals surface area contributed by atoms with Gasteiger partial charge in [0.2, 0.25) is 5.78 Å². The van der Waals surface area contributed by atoms with E-state index in [2.05, 4.69) is 0 Å². The zero-order chi connectivity index (χ0) is 17.7. The SMILES string of the molecule is O=C(COC(=O)[C@@H]1[C@@H]2C[C@@H]3[C@H]1C(=O)O[C@H]3C2)c1cccc([N+](=O)[O-])c1. The summed E-state index contributed by atoms with van der Waals surface area (Å²) in [6, 6.07) is 5.25. The van der Waals surface area contributed by atoms with Gasteiger partial charge in [-0.25, -0.2) is 0 Å². The summed E-state index contributed by atoms with van der Waals surface area (Å²) in [6.45, 7) is -0.501. The summed E-state index contributed by atoms with van der Waals surface area (Å²) in [5, 5.41) is 10.8. The van der Waals surface area contributed by atoms with Gasteiger partial charge < -0.3 is 9.47 Å². The van der Waals surface area contributed by atoms with E-state index in [-0.39, 0.29) is 35.2 Å². The van der Waals surface area contributed by atoms with Crippen LogP contribution >= 0.6 is 0 Å². The molecule has 4 rings (SSSR count). The number of nitro benzene ring substituents is 1. The lowest BCUT2D eigenvalue weighted by Gasteiger charge is -2.22. The number of Topliss-reactive ketones (excluding diaryl/α,β-unsaturated/α-hetero) is 1. The Kier molecular flexibility index (Phi) is 3.55. The number of fused-ring (bicyclic) bond motifs is 1. The molecule has 3 aliphatic rings. The average molecular weight is 345 g/mol. The van der Waals surface area contributed by atoms with Crippen LogP contribution in [0.1, 0.15) is 23.2 Å². The van der Waals surface area contributed by atoms with Gasteiger partial charge in [-0.2, -0.15) is 0 Å². The lowest BCUT2D eigenvalue weighted by molar-refractivity contribution is -0.384. The van der Waals surface area contributed by atoms with Crippen molar-refractivity contribution in [1.82, 2.24) is 0 Å². The van der Waals surface area contributed by atoms with Crippen molar-refractivity contribution >= 4 is 23.4 Å². The third-order valence-electron chi connectivity index (χ3n) is 5.48. The minimum absolute atomic E-state index is 0.0619. The van der Waals surface area contributed by atoms with Gasteiger partial charge in [0.25, 0.3) is 5.69 Å². The quantitative estimate of drug-likeness (QED) is 0.344. The number of hydrogen-bond acceptors (Lipinski definition) is 7. The lowest BCUT2D eigenvalue weighted by Crippen LogP contribution is -2.34. The van der Waals surface area contributed by atoms with Crippen LogP contribution in [-0.2, 0) is 19.1 Å². The van der Waals surface area contributed by atoms with Crippen molar-refractivity contribution < 1.29 is 28.8 Å². The Morgan fingerprint density at radius 2 is 2.12 bits per heavy atom. The largest absolute Gasteiger partial charge is 0.462 e. The van der Waals surface area contributed by atoms with E-state index in [1.165, 1.54) is 18.2 Å². The maximum absolute atomic E-state index is 12.4. The zero-order valence-corrected chi connectivity index (χ0v) is 13.1. The van der Waals surface area contributed by atoms with Crippen LogP contribution < -0.4 is 0 Å². The molecule has 25 heavy (non-hydrogen) atoms. The van der Waals surface area contributed by atoms with Crippen LogP contribution in [0, 0.1) is 33.8 Å². The van der Waals surface area contributed by atoms with Crippen LogP contribution in [0.15, 0.2) is 24.3 Å². The predicted octanol–water partition coefficient (Wildman–Crippen LogP) is 1.52. The topological polar surface area (TPSA) is 113 Å². The van der Waals surface area contributed by atoms with E-state index < -0.39 is 35.1 Å². The van der Waals surface area contributed by atoms with E-state index in [1.54, 1.807) is 0 Å². The number of esters is 2. The first-order valence-electron chi connectivity index (χ1n) is 8.10. The highest BCUT2D eigenvalue weighted by Crippen LogP contribution is 2.57. The molecule has 8 heteroatoms. The summed E-state index contributed by atoms with van der Waals surface area (Å²) in [6.07, 6.45) is 1.38. The Hall–Kier alpha value is -2.77. The average Bonchev–Trinajstić information content (AvgIpc) is 3.21. The monoisotopic (exact) mass is 345 g/mol. The smallest absolute Gasteiger partial charge is 0.310 e. The second-order valence-electron chi connectivity index (χ2n) is 6.76. The molecule has 3 fully saturated rings. The third-order valence-corrected chi connectivity index (χ3v) is 5.48. The number of carbonyl (C=O) groups is 3. The Morgan fingerprint density at radius 1 is 1.32 bits per heavy atom. The molecule has 0 spiro atoms. The van der Waals surface area contributed by atoms with E-state index in [4.69, 9.17) is 9.47 Å². The minimum atomic E-state index is -0.597. The van der Waals surface area contributed by atoms with Crippen molar-refractivity contribution in [3.8, 4) is 0 Å². The molecule has 130 valence electrons. The standard InChI is InChI=1S/C17H15NO7/c19-12(8-2-1-3-10(4-8)18(22)23)7-24-16(20)14-9-5-11-13(6-9)25-17(21)15(11)14/h1-4,9,11,13-15H,5-7H2/t9-,11+,13+,14-,15-/m1/s1. The molecule has 8 nitrogen and oxygen atoms in total. The summed E-state index contributed by atoms with van der Waals surface area (Å²) in [5.74, 6) is -2.28. The highest BCUT2D eigenvalue weighted by atomic mass is 16.6. The Labute approximate surface area is 142 Å². The van der Waals surface area contributed by atoms with Crippen molar-refractivity contribution in [3.05, 3.63) is 39.9 Å². The first-order chi connectivity index (χ1) is 12.0. The molecule has 0 amide bonds. The number of ketones is 1. The molecule has 1 aromatic carbocycles. The van der Waals surface area contributed by atoms with E-state index in [9.17, 15) is 24.5 Å². The number of non-ortho nitro benzene ring substituents is 1.